The molecule has 0 heterocycles. The van der Waals surface area contributed by atoms with E-state index in [1.54, 1.807) is 0 Å². The quantitative estimate of drug-likeness (QED) is 0.501. The Morgan fingerprint density at radius 3 is 2.39 bits per heavy atom. The van der Waals surface area contributed by atoms with Crippen molar-refractivity contribution in [2.24, 2.45) is 5.92 Å². The molecule has 3 nitrogen and oxygen atoms in total. The average molecular weight is 333 g/mol. The Hall–Kier alpha value is -1.26. The van der Waals surface area contributed by atoms with Crippen molar-refractivity contribution in [3.05, 3.63) is 35.4 Å². The number of hydrogen-bond donors (Lipinski definition) is 0. The molecule has 2 rings (SSSR count). The van der Waals surface area contributed by atoms with Crippen LogP contribution in [0.3, 0.4) is 0 Å². The molecular formula is C19H28O3Si. The lowest BCUT2D eigenvalue weighted by molar-refractivity contribution is -0.123. The summed E-state index contributed by atoms with van der Waals surface area (Å²) in [5.41, 5.74) is 1.55. The predicted molar refractivity (Wildman–Crippen MR) is 95.2 cm³/mol. The molecule has 0 amide bonds. The number of hydrogen-bond acceptors (Lipinski definition) is 3. The standard InChI is InChI=1S/C19H28O3Si/c1-4-23(5-2,6-3)22-19(17-12-9-13-18(17)21)16-11-8-7-10-15(16)14-20/h7-8,10-11,14,17,19H,4-6,9,12-13H2,1-3H3/t17-,19+/m1/s1. The second-order valence-corrected chi connectivity index (χ2v) is 11.2. The van der Waals surface area contributed by atoms with Crippen molar-refractivity contribution in [2.75, 3.05) is 0 Å². The predicted octanol–water partition coefficient (Wildman–Crippen LogP) is 4.93. The molecule has 2 atom stereocenters. The van der Waals surface area contributed by atoms with Crippen LogP contribution in [0.15, 0.2) is 24.3 Å². The number of carbonyl (C=O) groups excluding carboxylic acids is 2. The van der Waals surface area contributed by atoms with E-state index in [-0.39, 0.29) is 12.0 Å². The summed E-state index contributed by atoms with van der Waals surface area (Å²) in [4.78, 5) is 23.9. The summed E-state index contributed by atoms with van der Waals surface area (Å²) in [6.45, 7) is 6.58. The van der Waals surface area contributed by atoms with E-state index in [4.69, 9.17) is 4.43 Å². The molecule has 23 heavy (non-hydrogen) atoms. The molecule has 0 bridgehead atoms. The molecule has 1 aliphatic rings. The van der Waals surface area contributed by atoms with Gasteiger partial charge in [0, 0.05) is 17.9 Å². The first-order valence-corrected chi connectivity index (χ1v) is 11.4. The number of carbonyl (C=O) groups is 2. The van der Waals surface area contributed by atoms with Gasteiger partial charge in [0.25, 0.3) is 0 Å². The maximum atomic E-state index is 12.4. The third kappa shape index (κ3) is 3.81. The summed E-state index contributed by atoms with van der Waals surface area (Å²) < 4.78 is 6.73. The second-order valence-electron chi connectivity index (χ2n) is 6.49. The Kier molecular flexibility index (Phi) is 6.30. The topological polar surface area (TPSA) is 43.4 Å². The van der Waals surface area contributed by atoms with Crippen LogP contribution in [0.1, 0.15) is 62.1 Å². The molecular weight excluding hydrogens is 304 g/mol. The lowest BCUT2D eigenvalue weighted by atomic mass is 9.91. The Morgan fingerprint density at radius 2 is 1.87 bits per heavy atom. The Bertz CT molecular complexity index is 543. The molecule has 0 unspecified atom stereocenters. The molecule has 1 aliphatic carbocycles. The van der Waals surface area contributed by atoms with Crippen molar-refractivity contribution in [1.29, 1.82) is 0 Å². The van der Waals surface area contributed by atoms with Crippen LogP contribution in [0.4, 0.5) is 0 Å². The van der Waals surface area contributed by atoms with Crippen molar-refractivity contribution in [3.63, 3.8) is 0 Å². The van der Waals surface area contributed by atoms with Crippen molar-refractivity contribution < 1.29 is 14.0 Å². The summed E-state index contributed by atoms with van der Waals surface area (Å²) in [7, 11) is -1.86. The van der Waals surface area contributed by atoms with Gasteiger partial charge in [0.05, 0.1) is 6.10 Å². The van der Waals surface area contributed by atoms with Gasteiger partial charge in [-0.3, -0.25) is 9.59 Å². The van der Waals surface area contributed by atoms with Crippen LogP contribution < -0.4 is 0 Å². The summed E-state index contributed by atoms with van der Waals surface area (Å²) >= 11 is 0. The number of aldehydes is 1. The molecule has 0 radical (unpaired) electrons. The molecule has 0 saturated heterocycles. The lowest BCUT2D eigenvalue weighted by Crippen LogP contribution is -2.40. The first kappa shape index (κ1) is 18.1. The molecule has 0 spiro atoms. The van der Waals surface area contributed by atoms with Crippen LogP contribution in [-0.4, -0.2) is 20.4 Å². The third-order valence-corrected chi connectivity index (χ3v) is 10.1. The van der Waals surface area contributed by atoms with Crippen molar-refractivity contribution >= 4 is 20.4 Å². The zero-order valence-electron chi connectivity index (χ0n) is 14.5. The minimum atomic E-state index is -1.86. The van der Waals surface area contributed by atoms with E-state index in [0.717, 1.165) is 42.8 Å². The number of rotatable bonds is 8. The Balaban J connectivity index is 2.43. The highest BCUT2D eigenvalue weighted by atomic mass is 28.4. The van der Waals surface area contributed by atoms with Crippen LogP contribution in [0.5, 0.6) is 0 Å². The lowest BCUT2D eigenvalue weighted by Gasteiger charge is -2.36. The smallest absolute Gasteiger partial charge is 0.192 e. The Morgan fingerprint density at radius 1 is 1.22 bits per heavy atom. The van der Waals surface area contributed by atoms with Gasteiger partial charge in [-0.05, 0) is 36.5 Å². The van der Waals surface area contributed by atoms with E-state index < -0.39 is 8.32 Å². The molecule has 0 N–H and O–H groups in total. The fourth-order valence-electron chi connectivity index (χ4n) is 3.67. The van der Waals surface area contributed by atoms with Gasteiger partial charge >= 0.3 is 0 Å². The minimum absolute atomic E-state index is 0.0902. The number of benzene rings is 1. The maximum absolute atomic E-state index is 12.4. The fourth-order valence-corrected chi connectivity index (χ4v) is 6.50. The molecule has 1 fully saturated rings. The van der Waals surface area contributed by atoms with Gasteiger partial charge in [0.1, 0.15) is 12.1 Å². The highest BCUT2D eigenvalue weighted by molar-refractivity contribution is 6.73. The molecule has 0 aromatic heterocycles. The monoisotopic (exact) mass is 332 g/mol. The van der Waals surface area contributed by atoms with Gasteiger partial charge in [-0.2, -0.15) is 0 Å². The van der Waals surface area contributed by atoms with Crippen LogP contribution in [0.25, 0.3) is 0 Å². The normalized spacial score (nSPS) is 19.8. The zero-order chi connectivity index (χ0) is 16.9. The van der Waals surface area contributed by atoms with E-state index in [1.807, 2.05) is 24.3 Å². The van der Waals surface area contributed by atoms with E-state index >= 15 is 0 Å². The van der Waals surface area contributed by atoms with Crippen LogP contribution in [0, 0.1) is 5.92 Å². The van der Waals surface area contributed by atoms with Crippen LogP contribution in [0.2, 0.25) is 18.1 Å². The molecule has 4 heteroatoms. The van der Waals surface area contributed by atoms with E-state index in [9.17, 15) is 9.59 Å². The second kappa shape index (κ2) is 8.02. The van der Waals surface area contributed by atoms with Gasteiger partial charge in [0.2, 0.25) is 0 Å². The van der Waals surface area contributed by atoms with Gasteiger partial charge in [-0.25, -0.2) is 0 Å². The van der Waals surface area contributed by atoms with E-state index in [2.05, 4.69) is 20.8 Å². The fraction of sp³-hybridized carbons (Fsp3) is 0.579. The summed E-state index contributed by atoms with van der Waals surface area (Å²) in [5.74, 6) is 0.203. The van der Waals surface area contributed by atoms with Crippen molar-refractivity contribution in [1.82, 2.24) is 0 Å². The average Bonchev–Trinajstić information content (AvgIpc) is 3.03. The molecule has 0 aliphatic heterocycles. The van der Waals surface area contributed by atoms with Gasteiger partial charge < -0.3 is 4.43 Å². The third-order valence-electron chi connectivity index (χ3n) is 5.46. The van der Waals surface area contributed by atoms with Crippen molar-refractivity contribution in [3.8, 4) is 0 Å². The molecule has 126 valence electrons. The summed E-state index contributed by atoms with van der Waals surface area (Å²) in [6.07, 6.45) is 3.09. The first-order valence-electron chi connectivity index (χ1n) is 8.85. The molecule has 1 aromatic carbocycles. The summed E-state index contributed by atoms with van der Waals surface area (Å²) in [6, 6.07) is 10.7. The van der Waals surface area contributed by atoms with E-state index in [1.165, 1.54) is 0 Å². The molecule has 1 aromatic rings. The van der Waals surface area contributed by atoms with Crippen LogP contribution in [-0.2, 0) is 9.22 Å². The number of Topliss-reactive ketones (excluding diaryl/α,β-unsaturated/α-hetero) is 1. The Labute approximate surface area is 140 Å². The van der Waals surface area contributed by atoms with Gasteiger partial charge in [0.15, 0.2) is 8.32 Å². The van der Waals surface area contributed by atoms with Gasteiger partial charge in [-0.1, -0.05) is 45.0 Å². The zero-order valence-corrected chi connectivity index (χ0v) is 15.5. The van der Waals surface area contributed by atoms with Crippen molar-refractivity contribution in [2.45, 2.75) is 64.3 Å². The first-order chi connectivity index (χ1) is 11.1. The minimum Gasteiger partial charge on any atom is -0.409 e. The van der Waals surface area contributed by atoms with E-state index in [0.29, 0.717) is 17.8 Å². The maximum Gasteiger partial charge on any atom is 0.192 e. The molecule has 1 saturated carbocycles. The SMILES string of the molecule is CC[Si](CC)(CC)O[C@@H](c1ccccc1C=O)[C@@H]1CCCC1=O. The van der Waals surface area contributed by atoms with Gasteiger partial charge in [-0.15, -0.1) is 0 Å². The summed E-state index contributed by atoms with van der Waals surface area (Å²) in [5, 5.41) is 0. The number of ketones is 1. The highest BCUT2D eigenvalue weighted by Gasteiger charge is 2.40. The van der Waals surface area contributed by atoms with Crippen LogP contribution >= 0.6 is 0 Å². The highest BCUT2D eigenvalue weighted by Crippen LogP contribution is 2.40. The largest absolute Gasteiger partial charge is 0.409 e.